The summed E-state index contributed by atoms with van der Waals surface area (Å²) in [5, 5.41) is 2.92. The van der Waals surface area contributed by atoms with E-state index in [1.54, 1.807) is 24.3 Å². The zero-order valence-electron chi connectivity index (χ0n) is 21.4. The maximum absolute atomic E-state index is 14.0. The van der Waals surface area contributed by atoms with Crippen molar-refractivity contribution in [3.8, 4) is 5.75 Å². The first-order chi connectivity index (χ1) is 18.8. The number of aromatic nitrogens is 1. The van der Waals surface area contributed by atoms with E-state index >= 15 is 0 Å². The quantitative estimate of drug-likeness (QED) is 0.329. The molecule has 0 radical (unpaired) electrons. The molecule has 206 valence electrons. The first-order valence-electron chi connectivity index (χ1n) is 12.5. The predicted molar refractivity (Wildman–Crippen MR) is 144 cm³/mol. The van der Waals surface area contributed by atoms with Crippen LogP contribution in [0.4, 0.5) is 10.1 Å². The van der Waals surface area contributed by atoms with Gasteiger partial charge in [0, 0.05) is 19.7 Å². The molecule has 39 heavy (non-hydrogen) atoms. The third-order valence-corrected chi connectivity index (χ3v) is 7.13. The molecule has 1 aromatic heterocycles. The molecule has 0 unspecified atom stereocenters. The Balaban J connectivity index is 1.75. The van der Waals surface area contributed by atoms with Gasteiger partial charge in [-0.05, 0) is 66.7 Å². The highest BCUT2D eigenvalue weighted by atomic mass is 32.1. The number of primary amides is 1. The van der Waals surface area contributed by atoms with Crippen LogP contribution in [0.2, 0.25) is 0 Å². The molecule has 5 N–H and O–H groups in total. The van der Waals surface area contributed by atoms with Gasteiger partial charge in [-0.3, -0.25) is 14.4 Å². The Kier molecular flexibility index (Phi) is 9.10. The Hall–Kier alpha value is -4.03. The molecule has 4 rings (SSSR count). The number of ether oxygens (including phenoxy) is 2. The normalized spacial score (nSPS) is 15.5. The van der Waals surface area contributed by atoms with Gasteiger partial charge in [-0.15, -0.1) is 0 Å². The summed E-state index contributed by atoms with van der Waals surface area (Å²) in [5.74, 6) is -1.78. The zero-order valence-corrected chi connectivity index (χ0v) is 22.2. The maximum atomic E-state index is 14.0. The summed E-state index contributed by atoms with van der Waals surface area (Å²) >= 11 is 0.722. The molecule has 1 saturated heterocycles. The Morgan fingerprint density at radius 3 is 2.51 bits per heavy atom. The van der Waals surface area contributed by atoms with Crippen molar-refractivity contribution in [2.24, 2.45) is 5.73 Å². The number of nitrogen functional groups attached to an aromatic ring is 1. The van der Waals surface area contributed by atoms with E-state index in [-0.39, 0.29) is 35.5 Å². The van der Waals surface area contributed by atoms with Crippen molar-refractivity contribution in [1.29, 1.82) is 0 Å². The number of benzene rings is 2. The number of rotatable bonds is 11. The molecule has 3 amide bonds. The van der Waals surface area contributed by atoms with Crippen LogP contribution in [0.15, 0.2) is 48.5 Å². The average Bonchev–Trinajstić information content (AvgIpc) is 3.59. The van der Waals surface area contributed by atoms with E-state index in [0.717, 1.165) is 24.4 Å². The summed E-state index contributed by atoms with van der Waals surface area (Å²) in [4.78, 5) is 40.8. The lowest BCUT2D eigenvalue weighted by atomic mass is 10.0. The summed E-state index contributed by atoms with van der Waals surface area (Å²) in [6.45, 7) is 3.17. The van der Waals surface area contributed by atoms with E-state index in [4.69, 9.17) is 20.9 Å². The monoisotopic (exact) mass is 555 g/mol. The van der Waals surface area contributed by atoms with Gasteiger partial charge in [-0.2, -0.15) is 4.37 Å². The summed E-state index contributed by atoms with van der Waals surface area (Å²) in [6.07, 6.45) is 1.61. The second-order valence-corrected chi connectivity index (χ2v) is 9.76. The number of hydrogen-bond donors (Lipinski definition) is 3. The number of nitrogens with one attached hydrogen (secondary N) is 1. The number of amides is 3. The lowest BCUT2D eigenvalue weighted by Crippen LogP contribution is -2.45. The largest absolute Gasteiger partial charge is 0.494 e. The molecule has 0 bridgehead atoms. The minimum absolute atomic E-state index is 0.0335. The van der Waals surface area contributed by atoms with Crippen LogP contribution >= 0.6 is 11.5 Å². The van der Waals surface area contributed by atoms with E-state index in [9.17, 15) is 18.8 Å². The predicted octanol–water partition coefficient (Wildman–Crippen LogP) is 3.04. The van der Waals surface area contributed by atoms with Gasteiger partial charge in [0.05, 0.1) is 18.4 Å². The lowest BCUT2D eigenvalue weighted by Gasteiger charge is -2.31. The van der Waals surface area contributed by atoms with Crippen molar-refractivity contribution >= 4 is 34.9 Å². The van der Waals surface area contributed by atoms with Gasteiger partial charge in [0.2, 0.25) is 5.91 Å². The fraction of sp³-hybridized carbons (Fsp3) is 0.333. The van der Waals surface area contributed by atoms with E-state index in [0.29, 0.717) is 30.1 Å². The van der Waals surface area contributed by atoms with Crippen molar-refractivity contribution in [2.45, 2.75) is 38.5 Å². The number of carbonyl (C=O) groups is 3. The van der Waals surface area contributed by atoms with Gasteiger partial charge >= 0.3 is 0 Å². The molecule has 3 aromatic rings. The summed E-state index contributed by atoms with van der Waals surface area (Å²) in [6, 6.07) is 11.3. The van der Waals surface area contributed by atoms with E-state index in [2.05, 4.69) is 9.69 Å². The zero-order chi connectivity index (χ0) is 27.9. The summed E-state index contributed by atoms with van der Waals surface area (Å²) in [5.41, 5.74) is 12.1. The fourth-order valence-corrected chi connectivity index (χ4v) is 5.09. The smallest absolute Gasteiger partial charge is 0.270 e. The fourth-order valence-electron chi connectivity index (χ4n) is 4.33. The van der Waals surface area contributed by atoms with Gasteiger partial charge in [0.25, 0.3) is 11.8 Å². The third kappa shape index (κ3) is 6.70. The van der Waals surface area contributed by atoms with Crippen LogP contribution in [-0.2, 0) is 16.1 Å². The lowest BCUT2D eigenvalue weighted by molar-refractivity contribution is -0.126. The van der Waals surface area contributed by atoms with Crippen molar-refractivity contribution in [3.05, 3.63) is 76.0 Å². The van der Waals surface area contributed by atoms with Gasteiger partial charge in [-0.1, -0.05) is 24.3 Å². The number of hydrogen-bond acceptors (Lipinski definition) is 8. The van der Waals surface area contributed by atoms with Crippen LogP contribution in [0.25, 0.3) is 0 Å². The first-order valence-corrected chi connectivity index (χ1v) is 13.3. The third-order valence-electron chi connectivity index (χ3n) is 6.28. The van der Waals surface area contributed by atoms with Gasteiger partial charge in [-0.25, -0.2) is 4.39 Å². The van der Waals surface area contributed by atoms with E-state index < -0.39 is 29.6 Å². The highest BCUT2D eigenvalue weighted by Crippen LogP contribution is 2.31. The number of nitrogens with two attached hydrogens (primary N) is 2. The first kappa shape index (κ1) is 28.0. The molecule has 0 spiro atoms. The van der Waals surface area contributed by atoms with Crippen LogP contribution < -0.4 is 21.5 Å². The maximum Gasteiger partial charge on any atom is 0.270 e. The van der Waals surface area contributed by atoms with E-state index in [1.165, 1.54) is 29.2 Å². The van der Waals surface area contributed by atoms with Gasteiger partial charge in [0.15, 0.2) is 5.69 Å². The molecular weight excluding hydrogens is 525 g/mol. The molecular formula is C27H30FN5O5S. The van der Waals surface area contributed by atoms with Crippen LogP contribution in [0, 0.1) is 5.82 Å². The molecule has 1 fully saturated rings. The molecule has 1 aliphatic heterocycles. The topological polar surface area (TPSA) is 150 Å². The second kappa shape index (κ2) is 12.7. The van der Waals surface area contributed by atoms with Gasteiger partial charge < -0.3 is 31.2 Å². The second-order valence-electron chi connectivity index (χ2n) is 8.98. The van der Waals surface area contributed by atoms with Crippen LogP contribution in [0.5, 0.6) is 5.75 Å². The number of nitrogens with zero attached hydrogens (tertiary/aromatic N) is 2. The van der Waals surface area contributed by atoms with Crippen LogP contribution in [0.1, 0.15) is 57.1 Å². The molecule has 12 heteroatoms. The Labute approximate surface area is 229 Å². The van der Waals surface area contributed by atoms with Crippen molar-refractivity contribution in [1.82, 2.24) is 14.6 Å². The van der Waals surface area contributed by atoms with E-state index in [1.807, 2.05) is 6.92 Å². The minimum atomic E-state index is -1.11. The number of carbonyl (C=O) groups excluding carboxylic acids is 3. The molecule has 2 heterocycles. The summed E-state index contributed by atoms with van der Waals surface area (Å²) < 4.78 is 28.8. The number of halogens is 1. The van der Waals surface area contributed by atoms with Crippen LogP contribution in [-0.4, -0.2) is 52.9 Å². The Bertz CT molecular complexity index is 1310. The highest BCUT2D eigenvalue weighted by Gasteiger charge is 2.35. The highest BCUT2D eigenvalue weighted by molar-refractivity contribution is 7.09. The molecule has 1 aliphatic rings. The Morgan fingerprint density at radius 2 is 1.92 bits per heavy atom. The van der Waals surface area contributed by atoms with Crippen molar-refractivity contribution in [2.75, 3.05) is 25.5 Å². The minimum Gasteiger partial charge on any atom is -0.494 e. The molecule has 2 aromatic carbocycles. The van der Waals surface area contributed by atoms with Crippen molar-refractivity contribution < 1.29 is 28.2 Å². The van der Waals surface area contributed by atoms with Crippen LogP contribution in [0.3, 0.4) is 0 Å². The molecule has 0 saturated carbocycles. The molecule has 2 atom stereocenters. The van der Waals surface area contributed by atoms with Crippen molar-refractivity contribution in [3.63, 3.8) is 0 Å². The Morgan fingerprint density at radius 1 is 1.21 bits per heavy atom. The summed E-state index contributed by atoms with van der Waals surface area (Å²) in [7, 11) is 0. The molecule has 10 nitrogen and oxygen atoms in total. The SMILES string of the molecule is CCOc1ccc([C@H](C(=O)NC[C@H]2CCCO2)N(Cc2ccc(F)cc2)C(=O)c2snc(C(N)=O)c2N)cc1. The molecule has 0 aliphatic carbocycles. The van der Waals surface area contributed by atoms with Gasteiger partial charge in [0.1, 0.15) is 22.5 Å². The standard InChI is InChI=1S/C27H30FN5O5S/c1-2-37-19-11-7-17(8-12-19)23(26(35)31-14-20-4-3-13-38-20)33(15-16-5-9-18(28)10-6-16)27(36)24-21(29)22(25(30)34)32-39-24/h5-12,20,23H,2-4,13-15,29H2,1H3,(H2,30,34)(H,31,35)/t20-,23-/m1/s1. The average molecular weight is 556 g/mol. The number of anilines is 1.